The average molecular weight is 574 g/mol. The molecule has 0 atom stereocenters. The third-order valence-electron chi connectivity index (χ3n) is 3.82. The van der Waals surface area contributed by atoms with E-state index < -0.39 is 19.1 Å². The minimum atomic E-state index is -3.69. The third-order valence-corrected chi connectivity index (χ3v) is 7.49. The van der Waals surface area contributed by atoms with Crippen LogP contribution in [-0.2, 0) is 19.1 Å². The van der Waals surface area contributed by atoms with Crippen molar-refractivity contribution in [3.05, 3.63) is 107 Å². The quantitative estimate of drug-likeness (QED) is 0.309. The fraction of sp³-hybridized carbons (Fsp3) is 0. The number of pyridine rings is 2. The second kappa shape index (κ2) is 13.3. The van der Waals surface area contributed by atoms with Gasteiger partial charge in [0.1, 0.15) is 21.4 Å². The smallest absolute Gasteiger partial charge is 0.264 e. The van der Waals surface area contributed by atoms with Crippen molar-refractivity contribution in [2.75, 3.05) is 10.5 Å². The number of sulfonamides is 1. The summed E-state index contributed by atoms with van der Waals surface area (Å²) in [4.78, 5) is 7.62. The first-order chi connectivity index (χ1) is 16.5. The Hall–Kier alpha value is -2.89. The van der Waals surface area contributed by atoms with Gasteiger partial charge in [-0.25, -0.2) is 26.8 Å². The highest BCUT2D eigenvalue weighted by Gasteiger charge is 2.17. The molecule has 2 heterocycles. The molecule has 3 N–H and O–H groups in total. The van der Waals surface area contributed by atoms with E-state index in [1.807, 2.05) is 12.1 Å². The van der Waals surface area contributed by atoms with Crippen LogP contribution in [0.4, 0.5) is 11.6 Å². The number of nitrogens with two attached hydrogens (primary N) is 1. The molecule has 2 aromatic heterocycles. The Labute approximate surface area is 218 Å². The van der Waals surface area contributed by atoms with Crippen LogP contribution in [0, 0.1) is 0 Å². The minimum Gasteiger partial charge on any atom is -0.384 e. The summed E-state index contributed by atoms with van der Waals surface area (Å²) in [6, 6.07) is 22.6. The monoisotopic (exact) mass is 572 g/mol. The Morgan fingerprint density at radius 2 is 1.14 bits per heavy atom. The van der Waals surface area contributed by atoms with E-state index in [9.17, 15) is 16.8 Å². The summed E-state index contributed by atoms with van der Waals surface area (Å²) in [6.07, 6.45) is 3.17. The summed E-state index contributed by atoms with van der Waals surface area (Å²) in [6.45, 7) is 0. The molecule has 0 spiro atoms. The summed E-state index contributed by atoms with van der Waals surface area (Å²) in [5.41, 5.74) is 5.25. The first kappa shape index (κ1) is 28.3. The maximum atomic E-state index is 12.0. The number of nitrogens with zero attached hydrogens (tertiary/aromatic N) is 2. The lowest BCUT2D eigenvalue weighted by atomic mass is 10.4. The van der Waals surface area contributed by atoms with Gasteiger partial charge in [0, 0.05) is 23.1 Å². The van der Waals surface area contributed by atoms with Crippen LogP contribution in [0.3, 0.4) is 0 Å². The first-order valence-electron chi connectivity index (χ1n) is 9.55. The van der Waals surface area contributed by atoms with Crippen LogP contribution in [0.5, 0.6) is 0 Å². The van der Waals surface area contributed by atoms with Crippen molar-refractivity contribution < 1.29 is 16.8 Å². The highest BCUT2D eigenvalue weighted by molar-refractivity contribution is 8.13. The molecular weight excluding hydrogens is 555 g/mol. The van der Waals surface area contributed by atoms with E-state index in [2.05, 4.69) is 14.7 Å². The Morgan fingerprint density at radius 3 is 1.51 bits per heavy atom. The Balaban J connectivity index is 0.000000205. The maximum Gasteiger partial charge on any atom is 0.264 e. The Bertz CT molecular complexity index is 1440. The van der Waals surface area contributed by atoms with Crippen LogP contribution in [0.2, 0.25) is 10.0 Å². The predicted octanol–water partition coefficient (Wildman–Crippen LogP) is 5.47. The molecule has 0 fully saturated rings. The molecule has 4 rings (SSSR count). The summed E-state index contributed by atoms with van der Waals surface area (Å²) in [7, 11) is -2.33. The highest BCUT2D eigenvalue weighted by atomic mass is 35.7. The van der Waals surface area contributed by atoms with E-state index in [4.69, 9.17) is 39.6 Å². The molecule has 13 heteroatoms. The summed E-state index contributed by atoms with van der Waals surface area (Å²) < 4.78 is 47.8. The molecule has 184 valence electrons. The molecule has 4 aromatic rings. The largest absolute Gasteiger partial charge is 0.384 e. The van der Waals surface area contributed by atoms with Gasteiger partial charge in [-0.15, -0.1) is 0 Å². The molecule has 35 heavy (non-hydrogen) atoms. The van der Waals surface area contributed by atoms with Gasteiger partial charge >= 0.3 is 0 Å². The summed E-state index contributed by atoms with van der Waals surface area (Å²) in [5, 5.41) is 0.318. The van der Waals surface area contributed by atoms with Crippen molar-refractivity contribution in [3.63, 3.8) is 0 Å². The van der Waals surface area contributed by atoms with Gasteiger partial charge in [-0.2, -0.15) is 0 Å². The lowest BCUT2D eigenvalue weighted by Crippen LogP contribution is -2.14. The van der Waals surface area contributed by atoms with Gasteiger partial charge in [-0.1, -0.05) is 59.6 Å². The van der Waals surface area contributed by atoms with E-state index >= 15 is 0 Å². The molecule has 0 aliphatic rings. The Morgan fingerprint density at radius 1 is 0.657 bits per heavy atom. The number of benzene rings is 2. The number of aromatic nitrogens is 2. The van der Waals surface area contributed by atoms with Gasteiger partial charge in [-0.05, 0) is 48.5 Å². The van der Waals surface area contributed by atoms with Crippen LogP contribution in [-0.4, -0.2) is 26.8 Å². The van der Waals surface area contributed by atoms with E-state index in [0.29, 0.717) is 5.82 Å². The van der Waals surface area contributed by atoms with Crippen molar-refractivity contribution in [1.29, 1.82) is 0 Å². The van der Waals surface area contributed by atoms with Gasteiger partial charge in [0.2, 0.25) is 0 Å². The van der Waals surface area contributed by atoms with E-state index in [1.165, 1.54) is 30.5 Å². The predicted molar refractivity (Wildman–Crippen MR) is 140 cm³/mol. The fourth-order valence-corrected chi connectivity index (χ4v) is 5.33. The Kier molecular flexibility index (Phi) is 10.7. The highest BCUT2D eigenvalue weighted by Crippen LogP contribution is 2.23. The minimum absolute atomic E-state index is 0.0346. The lowest BCUT2D eigenvalue weighted by molar-refractivity contribution is 0.600. The van der Waals surface area contributed by atoms with Crippen molar-refractivity contribution in [3.8, 4) is 0 Å². The van der Waals surface area contributed by atoms with Crippen molar-refractivity contribution >= 4 is 64.6 Å². The SMILES string of the molecule is Nc1ccccn1.O=S(=O)(Cl)c1ccccc1Cl.O=S(=O)(Nc1ccccn1)c1ccccc1Cl. The first-order valence-corrected chi connectivity index (χ1v) is 14.1. The van der Waals surface area contributed by atoms with Crippen molar-refractivity contribution in [1.82, 2.24) is 9.97 Å². The molecular formula is C22H19Cl3N4O4S2. The van der Waals surface area contributed by atoms with E-state index in [-0.39, 0.29) is 25.7 Å². The van der Waals surface area contributed by atoms with E-state index in [0.717, 1.165) is 0 Å². The number of rotatable bonds is 4. The lowest BCUT2D eigenvalue weighted by Gasteiger charge is -2.07. The zero-order valence-electron chi connectivity index (χ0n) is 17.8. The molecule has 0 bridgehead atoms. The normalized spacial score (nSPS) is 10.7. The van der Waals surface area contributed by atoms with E-state index in [1.54, 1.807) is 54.7 Å². The molecule has 0 amide bonds. The standard InChI is InChI=1S/C11H9ClN2O2S.C6H4Cl2O2S.C5H6N2/c12-9-5-1-2-6-10(9)17(15,16)14-11-7-3-4-8-13-11;7-5-3-1-2-4-6(5)11(8,9)10;6-5-3-1-2-4-7-5/h1-8H,(H,13,14);1-4H;1-4H,(H2,6,7). The number of hydrogen-bond acceptors (Lipinski definition) is 7. The van der Waals surface area contributed by atoms with Gasteiger partial charge in [-0.3, -0.25) is 4.72 Å². The van der Waals surface area contributed by atoms with Gasteiger partial charge in [0.15, 0.2) is 0 Å². The van der Waals surface area contributed by atoms with Gasteiger partial charge in [0.05, 0.1) is 10.0 Å². The third kappa shape index (κ3) is 9.71. The fourth-order valence-electron chi connectivity index (χ4n) is 2.30. The van der Waals surface area contributed by atoms with Crippen LogP contribution < -0.4 is 10.5 Å². The molecule has 0 aliphatic carbocycles. The second-order valence-electron chi connectivity index (χ2n) is 6.37. The summed E-state index contributed by atoms with van der Waals surface area (Å²) in [5.74, 6) is 0.829. The van der Waals surface area contributed by atoms with Gasteiger partial charge in [0.25, 0.3) is 19.1 Å². The van der Waals surface area contributed by atoms with Crippen molar-refractivity contribution in [2.45, 2.75) is 9.79 Å². The van der Waals surface area contributed by atoms with Crippen molar-refractivity contribution in [2.24, 2.45) is 0 Å². The van der Waals surface area contributed by atoms with Gasteiger partial charge < -0.3 is 5.73 Å². The molecule has 0 unspecified atom stereocenters. The van der Waals surface area contributed by atoms with Crippen LogP contribution in [0.15, 0.2) is 107 Å². The molecule has 8 nitrogen and oxygen atoms in total. The molecule has 0 aliphatic heterocycles. The number of anilines is 2. The van der Waals surface area contributed by atoms with Crippen LogP contribution >= 0.6 is 33.9 Å². The molecule has 0 radical (unpaired) electrons. The van der Waals surface area contributed by atoms with Crippen LogP contribution in [0.1, 0.15) is 0 Å². The van der Waals surface area contributed by atoms with Crippen LogP contribution in [0.25, 0.3) is 0 Å². The number of halogens is 3. The average Bonchev–Trinajstić information content (AvgIpc) is 2.80. The second-order valence-corrected chi connectivity index (χ2v) is 11.4. The zero-order valence-corrected chi connectivity index (χ0v) is 21.7. The number of nitrogen functional groups attached to an aromatic ring is 1. The molecule has 0 saturated heterocycles. The molecule has 2 aromatic carbocycles. The zero-order chi connectivity index (χ0) is 25.9. The number of nitrogens with one attached hydrogen (secondary N) is 1. The number of hydrogen-bond donors (Lipinski definition) is 2. The topological polar surface area (TPSA) is 132 Å². The summed E-state index contributed by atoms with van der Waals surface area (Å²) >= 11 is 11.4. The maximum absolute atomic E-state index is 12.0. The molecule has 0 saturated carbocycles.